The lowest BCUT2D eigenvalue weighted by Gasteiger charge is -2.05. The maximum Gasteiger partial charge on any atom is 0.363 e. The number of hydrogen-bond donors (Lipinski definition) is 1. The molecule has 0 fully saturated rings. The number of carbonyl (C=O) groups is 1. The van der Waals surface area contributed by atoms with E-state index in [0.29, 0.717) is 0 Å². The number of hydrogen-bond acceptors (Lipinski definition) is 5. The molecule has 0 aliphatic rings. The van der Waals surface area contributed by atoms with Gasteiger partial charge in [-0.2, -0.15) is 5.10 Å². The number of nitro groups is 1. The van der Waals surface area contributed by atoms with Gasteiger partial charge in [0, 0.05) is 6.07 Å². The molecule has 0 amide bonds. The molecule has 0 atom stereocenters. The summed E-state index contributed by atoms with van der Waals surface area (Å²) >= 11 is 0. The molecule has 0 aliphatic heterocycles. The lowest BCUT2D eigenvalue weighted by molar-refractivity contribution is -0.385. The fraction of sp³-hybridized carbons (Fsp3) is 0.0909. The number of carboxylic acids is 1. The summed E-state index contributed by atoms with van der Waals surface area (Å²) in [6, 6.07) is 2.78. The molecule has 0 saturated carbocycles. The van der Waals surface area contributed by atoms with E-state index in [1.165, 1.54) is 0 Å². The highest BCUT2D eigenvalue weighted by Gasteiger charge is 2.25. The Morgan fingerprint density at radius 1 is 1.43 bits per heavy atom. The molecule has 0 saturated heterocycles. The van der Waals surface area contributed by atoms with Gasteiger partial charge in [-0.25, -0.2) is 18.3 Å². The minimum Gasteiger partial charge on any atom is -0.476 e. The number of carboxylic acid groups (broad SMARTS) is 1. The first-order valence-corrected chi connectivity index (χ1v) is 5.41. The summed E-state index contributed by atoms with van der Waals surface area (Å²) in [5.74, 6) is -3.77. The van der Waals surface area contributed by atoms with Crippen molar-refractivity contribution in [1.29, 1.82) is 0 Å². The van der Waals surface area contributed by atoms with Crippen molar-refractivity contribution in [3.05, 3.63) is 51.8 Å². The van der Waals surface area contributed by atoms with E-state index in [1.807, 2.05) is 0 Å². The van der Waals surface area contributed by atoms with Crippen molar-refractivity contribution < 1.29 is 28.3 Å². The lowest BCUT2D eigenvalue weighted by atomic mass is 10.3. The average molecular weight is 299 g/mol. The van der Waals surface area contributed by atoms with Gasteiger partial charge in [-0.3, -0.25) is 10.1 Å². The summed E-state index contributed by atoms with van der Waals surface area (Å²) in [7, 11) is 0. The Hall–Kier alpha value is -3.04. The molecule has 1 aromatic carbocycles. The van der Waals surface area contributed by atoms with Crippen LogP contribution in [-0.4, -0.2) is 25.8 Å². The SMILES string of the molecule is O=C(O)c1nn(COc2ccc(F)c(F)c2)cc1[N+](=O)[O-]. The minimum absolute atomic E-state index is 0.0380. The molecule has 21 heavy (non-hydrogen) atoms. The monoisotopic (exact) mass is 299 g/mol. The van der Waals surface area contributed by atoms with Crippen molar-refractivity contribution in [3.8, 4) is 5.75 Å². The van der Waals surface area contributed by atoms with Crippen LogP contribution in [0.5, 0.6) is 5.75 Å². The molecule has 2 rings (SSSR count). The van der Waals surface area contributed by atoms with Gasteiger partial charge >= 0.3 is 11.7 Å². The molecular formula is C11H7F2N3O5. The summed E-state index contributed by atoms with van der Waals surface area (Å²) in [5.41, 5.74) is -1.44. The van der Waals surface area contributed by atoms with Crippen LogP contribution in [0.3, 0.4) is 0 Å². The largest absolute Gasteiger partial charge is 0.476 e. The van der Waals surface area contributed by atoms with Gasteiger partial charge in [0.25, 0.3) is 0 Å². The van der Waals surface area contributed by atoms with Crippen LogP contribution in [0.1, 0.15) is 10.5 Å². The molecule has 110 valence electrons. The maximum atomic E-state index is 12.9. The second kappa shape index (κ2) is 5.53. The summed E-state index contributed by atoms with van der Waals surface area (Å²) < 4.78 is 31.5. The van der Waals surface area contributed by atoms with Crippen LogP contribution < -0.4 is 4.74 Å². The topological polar surface area (TPSA) is 107 Å². The van der Waals surface area contributed by atoms with Crippen LogP contribution in [0.15, 0.2) is 24.4 Å². The van der Waals surface area contributed by atoms with Crippen molar-refractivity contribution in [1.82, 2.24) is 9.78 Å². The number of aromatic nitrogens is 2. The molecule has 8 nitrogen and oxygen atoms in total. The zero-order valence-corrected chi connectivity index (χ0v) is 10.2. The molecule has 0 bridgehead atoms. The first kappa shape index (κ1) is 14.4. The Morgan fingerprint density at radius 2 is 2.14 bits per heavy atom. The van der Waals surface area contributed by atoms with E-state index in [1.54, 1.807) is 0 Å². The van der Waals surface area contributed by atoms with Crippen LogP contribution in [-0.2, 0) is 6.73 Å². The molecule has 2 aromatic rings. The summed E-state index contributed by atoms with van der Waals surface area (Å²) in [4.78, 5) is 20.5. The van der Waals surface area contributed by atoms with E-state index in [4.69, 9.17) is 9.84 Å². The minimum atomic E-state index is -1.56. The van der Waals surface area contributed by atoms with Crippen LogP contribution >= 0.6 is 0 Å². The zero-order valence-electron chi connectivity index (χ0n) is 10.2. The molecule has 1 aromatic heterocycles. The highest BCUT2D eigenvalue weighted by molar-refractivity contribution is 5.89. The molecule has 0 radical (unpaired) electrons. The van der Waals surface area contributed by atoms with E-state index in [0.717, 1.165) is 29.1 Å². The third-order valence-corrected chi connectivity index (χ3v) is 2.40. The fourth-order valence-electron chi connectivity index (χ4n) is 1.47. The number of nitrogens with zero attached hydrogens (tertiary/aromatic N) is 3. The average Bonchev–Trinajstić information content (AvgIpc) is 2.85. The summed E-state index contributed by atoms with van der Waals surface area (Å²) in [5, 5.41) is 22.9. The first-order valence-electron chi connectivity index (χ1n) is 5.41. The Kier molecular flexibility index (Phi) is 3.78. The zero-order chi connectivity index (χ0) is 15.6. The van der Waals surface area contributed by atoms with Gasteiger partial charge in [-0.1, -0.05) is 0 Å². The Bertz CT molecular complexity index is 684. The van der Waals surface area contributed by atoms with Crippen molar-refractivity contribution in [2.75, 3.05) is 0 Å². The highest BCUT2D eigenvalue weighted by Crippen LogP contribution is 2.18. The van der Waals surface area contributed by atoms with E-state index >= 15 is 0 Å². The maximum absolute atomic E-state index is 12.9. The molecule has 0 aliphatic carbocycles. The quantitative estimate of drug-likeness (QED) is 0.666. The molecule has 1 heterocycles. The Labute approximate surface area is 115 Å². The van der Waals surface area contributed by atoms with E-state index < -0.39 is 40.6 Å². The third-order valence-electron chi connectivity index (χ3n) is 2.40. The predicted molar refractivity (Wildman–Crippen MR) is 62.8 cm³/mol. The van der Waals surface area contributed by atoms with Gasteiger partial charge in [0.2, 0.25) is 5.69 Å². The first-order chi connectivity index (χ1) is 9.88. The number of halogens is 2. The molecule has 1 N–H and O–H groups in total. The number of benzene rings is 1. The number of aromatic carboxylic acids is 1. The third kappa shape index (κ3) is 3.11. The van der Waals surface area contributed by atoms with Crippen LogP contribution in [0.4, 0.5) is 14.5 Å². The lowest BCUT2D eigenvalue weighted by Crippen LogP contribution is -2.08. The van der Waals surface area contributed by atoms with Crippen molar-refractivity contribution >= 4 is 11.7 Å². The van der Waals surface area contributed by atoms with Gasteiger partial charge in [0.05, 0.1) is 4.92 Å². The van der Waals surface area contributed by atoms with E-state index in [-0.39, 0.29) is 5.75 Å². The van der Waals surface area contributed by atoms with Gasteiger partial charge in [-0.15, -0.1) is 0 Å². The second-order valence-corrected chi connectivity index (χ2v) is 3.81. The van der Waals surface area contributed by atoms with Gasteiger partial charge in [0.15, 0.2) is 18.4 Å². The van der Waals surface area contributed by atoms with E-state index in [2.05, 4.69) is 5.10 Å². The highest BCUT2D eigenvalue weighted by atomic mass is 19.2. The van der Waals surface area contributed by atoms with Gasteiger partial charge in [-0.05, 0) is 12.1 Å². The Morgan fingerprint density at radius 3 is 2.67 bits per heavy atom. The Balaban J connectivity index is 2.16. The second-order valence-electron chi connectivity index (χ2n) is 3.81. The van der Waals surface area contributed by atoms with E-state index in [9.17, 15) is 23.7 Å². The number of rotatable bonds is 5. The van der Waals surface area contributed by atoms with Crippen molar-refractivity contribution in [2.45, 2.75) is 6.73 Å². The normalized spacial score (nSPS) is 10.4. The molecular weight excluding hydrogens is 292 g/mol. The van der Waals surface area contributed by atoms with Crippen LogP contribution in [0.2, 0.25) is 0 Å². The van der Waals surface area contributed by atoms with Crippen molar-refractivity contribution in [2.24, 2.45) is 0 Å². The predicted octanol–water partition coefficient (Wildman–Crippen LogP) is 1.80. The van der Waals surface area contributed by atoms with Crippen LogP contribution in [0, 0.1) is 21.7 Å². The fourth-order valence-corrected chi connectivity index (χ4v) is 1.47. The van der Waals surface area contributed by atoms with Gasteiger partial charge < -0.3 is 9.84 Å². The van der Waals surface area contributed by atoms with Gasteiger partial charge in [0.1, 0.15) is 11.9 Å². The molecule has 10 heteroatoms. The summed E-state index contributed by atoms with van der Waals surface area (Å²) in [6.45, 7) is -0.404. The standard InChI is InChI=1S/C11H7F2N3O5/c12-7-2-1-6(3-8(7)13)21-5-15-4-9(16(19)20)10(14-15)11(17)18/h1-4H,5H2,(H,17,18). The van der Waals surface area contributed by atoms with Crippen molar-refractivity contribution in [3.63, 3.8) is 0 Å². The summed E-state index contributed by atoms with van der Waals surface area (Å²) in [6.07, 6.45) is 0.864. The molecule has 0 unspecified atom stereocenters. The number of ether oxygens (including phenoxy) is 1. The van der Waals surface area contributed by atoms with Crippen LogP contribution in [0.25, 0.3) is 0 Å². The smallest absolute Gasteiger partial charge is 0.363 e. The molecule has 0 spiro atoms.